The number of rotatable bonds is 2. The average molecular weight is 336 g/mol. The summed E-state index contributed by atoms with van der Waals surface area (Å²) in [7, 11) is 0. The number of carbonyl (C=O) groups excluding carboxylic acids is 1. The van der Waals surface area contributed by atoms with E-state index in [-0.39, 0.29) is 12.0 Å². The highest BCUT2D eigenvalue weighted by molar-refractivity contribution is 6.30. The van der Waals surface area contributed by atoms with E-state index in [0.29, 0.717) is 5.91 Å². The van der Waals surface area contributed by atoms with Gasteiger partial charge in [0, 0.05) is 48.8 Å². The van der Waals surface area contributed by atoms with Crippen LogP contribution in [-0.2, 0) is 4.79 Å². The van der Waals surface area contributed by atoms with E-state index < -0.39 is 0 Å². The molecule has 3 rings (SSSR count). The summed E-state index contributed by atoms with van der Waals surface area (Å²) in [5, 5.41) is 0.764. The number of piperazine rings is 1. The van der Waals surface area contributed by atoms with Crippen molar-refractivity contribution >= 4 is 23.2 Å². The van der Waals surface area contributed by atoms with Gasteiger partial charge in [0.05, 0.1) is 0 Å². The van der Waals surface area contributed by atoms with Crippen molar-refractivity contribution in [2.45, 2.75) is 38.6 Å². The van der Waals surface area contributed by atoms with Gasteiger partial charge in [0.15, 0.2) is 0 Å². The van der Waals surface area contributed by atoms with Gasteiger partial charge in [-0.05, 0) is 43.9 Å². The van der Waals surface area contributed by atoms with Crippen molar-refractivity contribution in [3.63, 3.8) is 0 Å². The maximum atomic E-state index is 12.7. The van der Waals surface area contributed by atoms with Crippen molar-refractivity contribution in [2.24, 2.45) is 11.7 Å². The number of nitrogens with zero attached hydrogens (tertiary/aromatic N) is 2. The van der Waals surface area contributed by atoms with Gasteiger partial charge >= 0.3 is 0 Å². The molecule has 0 radical (unpaired) electrons. The third kappa shape index (κ3) is 3.81. The number of halogens is 1. The van der Waals surface area contributed by atoms with Gasteiger partial charge < -0.3 is 15.5 Å². The summed E-state index contributed by atoms with van der Waals surface area (Å²) in [6, 6.07) is 6.20. The number of hydrogen-bond donors (Lipinski definition) is 1. The summed E-state index contributed by atoms with van der Waals surface area (Å²) in [4.78, 5) is 17.1. The Kier molecular flexibility index (Phi) is 5.12. The average Bonchev–Trinajstić information content (AvgIpc) is 2.56. The monoisotopic (exact) mass is 335 g/mol. The van der Waals surface area contributed by atoms with E-state index in [0.717, 1.165) is 56.9 Å². The molecule has 1 aliphatic heterocycles. The Morgan fingerprint density at radius 2 is 1.96 bits per heavy atom. The standard InChI is InChI=1S/C18H26ClN3O/c1-13-5-6-15(19)12-17(13)21-7-9-22(10-8-21)18(23)14-3-2-4-16(20)11-14/h5-6,12,14,16H,2-4,7-11,20H2,1H3. The Balaban J connectivity index is 1.59. The molecule has 1 heterocycles. The third-order valence-electron chi connectivity index (χ3n) is 5.17. The molecular weight excluding hydrogens is 310 g/mol. The van der Waals surface area contributed by atoms with Crippen LogP contribution in [-0.4, -0.2) is 43.0 Å². The molecule has 126 valence electrons. The Labute approximate surface area is 143 Å². The zero-order valence-corrected chi connectivity index (χ0v) is 14.6. The first-order valence-corrected chi connectivity index (χ1v) is 8.98. The fourth-order valence-corrected chi connectivity index (χ4v) is 3.97. The number of carbonyl (C=O) groups is 1. The summed E-state index contributed by atoms with van der Waals surface area (Å²) >= 11 is 6.13. The van der Waals surface area contributed by atoms with Crippen molar-refractivity contribution in [2.75, 3.05) is 31.1 Å². The minimum absolute atomic E-state index is 0.137. The number of hydrogen-bond acceptors (Lipinski definition) is 3. The van der Waals surface area contributed by atoms with E-state index in [1.165, 1.54) is 11.3 Å². The quantitative estimate of drug-likeness (QED) is 0.904. The van der Waals surface area contributed by atoms with Crippen LogP contribution < -0.4 is 10.6 Å². The van der Waals surface area contributed by atoms with E-state index in [1.54, 1.807) is 0 Å². The van der Waals surface area contributed by atoms with E-state index >= 15 is 0 Å². The first-order chi connectivity index (χ1) is 11.0. The van der Waals surface area contributed by atoms with Gasteiger partial charge in [-0.3, -0.25) is 4.79 Å². The van der Waals surface area contributed by atoms with Gasteiger partial charge in [-0.15, -0.1) is 0 Å². The first-order valence-electron chi connectivity index (χ1n) is 8.60. The summed E-state index contributed by atoms with van der Waals surface area (Å²) in [5.74, 6) is 0.445. The van der Waals surface area contributed by atoms with E-state index in [1.807, 2.05) is 17.0 Å². The minimum Gasteiger partial charge on any atom is -0.368 e. The maximum absolute atomic E-state index is 12.7. The fraction of sp³-hybridized carbons (Fsp3) is 0.611. The Bertz CT molecular complexity index is 569. The predicted octanol–water partition coefficient (Wildman–Crippen LogP) is 2.81. The van der Waals surface area contributed by atoms with Crippen molar-refractivity contribution in [1.82, 2.24) is 4.90 Å². The molecule has 23 heavy (non-hydrogen) atoms. The molecule has 5 heteroatoms. The highest BCUT2D eigenvalue weighted by Gasteiger charge is 2.30. The van der Waals surface area contributed by atoms with Crippen molar-refractivity contribution in [3.8, 4) is 0 Å². The van der Waals surface area contributed by atoms with Gasteiger partial charge in [0.25, 0.3) is 0 Å². The number of aryl methyl sites for hydroxylation is 1. The smallest absolute Gasteiger partial charge is 0.225 e. The molecule has 2 fully saturated rings. The molecule has 1 saturated heterocycles. The summed E-state index contributed by atoms with van der Waals surface area (Å²) in [6.07, 6.45) is 4.00. The zero-order valence-electron chi connectivity index (χ0n) is 13.8. The minimum atomic E-state index is 0.137. The van der Waals surface area contributed by atoms with Gasteiger partial charge in [-0.1, -0.05) is 24.1 Å². The molecule has 0 bridgehead atoms. The van der Waals surface area contributed by atoms with E-state index in [2.05, 4.69) is 17.9 Å². The van der Waals surface area contributed by atoms with Crippen LogP contribution in [0.15, 0.2) is 18.2 Å². The van der Waals surface area contributed by atoms with E-state index in [9.17, 15) is 4.79 Å². The van der Waals surface area contributed by atoms with Gasteiger partial charge in [-0.2, -0.15) is 0 Å². The second-order valence-electron chi connectivity index (χ2n) is 6.87. The molecule has 1 saturated carbocycles. The molecule has 2 aliphatic rings. The number of benzene rings is 1. The number of nitrogens with two attached hydrogens (primary N) is 1. The molecule has 2 N–H and O–H groups in total. The summed E-state index contributed by atoms with van der Waals surface area (Å²) in [5.41, 5.74) is 8.44. The second-order valence-corrected chi connectivity index (χ2v) is 7.30. The lowest BCUT2D eigenvalue weighted by Crippen LogP contribution is -2.51. The molecule has 0 aromatic heterocycles. The summed E-state index contributed by atoms with van der Waals surface area (Å²) < 4.78 is 0. The van der Waals surface area contributed by atoms with Crippen molar-refractivity contribution < 1.29 is 4.79 Å². The SMILES string of the molecule is Cc1ccc(Cl)cc1N1CCN(C(=O)C2CCCC(N)C2)CC1. The number of amides is 1. The van der Waals surface area contributed by atoms with Crippen LogP contribution in [0, 0.1) is 12.8 Å². The van der Waals surface area contributed by atoms with Crippen LogP contribution in [0.1, 0.15) is 31.2 Å². The predicted molar refractivity (Wildman–Crippen MR) is 94.9 cm³/mol. The van der Waals surface area contributed by atoms with Gasteiger partial charge in [0.2, 0.25) is 5.91 Å². The maximum Gasteiger partial charge on any atom is 0.225 e. The molecule has 1 aliphatic carbocycles. The van der Waals surface area contributed by atoms with Crippen LogP contribution >= 0.6 is 11.6 Å². The Morgan fingerprint density at radius 3 is 2.65 bits per heavy atom. The largest absolute Gasteiger partial charge is 0.368 e. The highest BCUT2D eigenvalue weighted by atomic mass is 35.5. The first kappa shape index (κ1) is 16.6. The fourth-order valence-electron chi connectivity index (χ4n) is 3.80. The van der Waals surface area contributed by atoms with Crippen LogP contribution in [0.5, 0.6) is 0 Å². The lowest BCUT2D eigenvalue weighted by molar-refractivity contribution is -0.137. The molecule has 4 nitrogen and oxygen atoms in total. The molecule has 1 amide bonds. The molecular formula is C18H26ClN3O. The van der Waals surface area contributed by atoms with Crippen molar-refractivity contribution in [1.29, 1.82) is 0 Å². The lowest BCUT2D eigenvalue weighted by atomic mass is 9.85. The van der Waals surface area contributed by atoms with Crippen LogP contribution in [0.4, 0.5) is 5.69 Å². The Hall–Kier alpha value is -1.26. The van der Waals surface area contributed by atoms with Crippen LogP contribution in [0.25, 0.3) is 0 Å². The normalized spacial score (nSPS) is 25.5. The van der Waals surface area contributed by atoms with Crippen LogP contribution in [0.3, 0.4) is 0 Å². The topological polar surface area (TPSA) is 49.6 Å². The highest BCUT2D eigenvalue weighted by Crippen LogP contribution is 2.28. The molecule has 1 aromatic rings. The third-order valence-corrected chi connectivity index (χ3v) is 5.40. The van der Waals surface area contributed by atoms with Gasteiger partial charge in [-0.25, -0.2) is 0 Å². The molecule has 1 aromatic carbocycles. The second kappa shape index (κ2) is 7.10. The van der Waals surface area contributed by atoms with Gasteiger partial charge in [0.1, 0.15) is 0 Å². The van der Waals surface area contributed by atoms with E-state index in [4.69, 9.17) is 17.3 Å². The Morgan fingerprint density at radius 1 is 1.22 bits per heavy atom. The van der Waals surface area contributed by atoms with Crippen LogP contribution in [0.2, 0.25) is 5.02 Å². The molecule has 2 atom stereocenters. The molecule has 0 spiro atoms. The number of anilines is 1. The lowest BCUT2D eigenvalue weighted by Gasteiger charge is -2.39. The summed E-state index contributed by atoms with van der Waals surface area (Å²) in [6.45, 7) is 5.41. The molecule has 2 unspecified atom stereocenters. The van der Waals surface area contributed by atoms with Crippen molar-refractivity contribution in [3.05, 3.63) is 28.8 Å². The zero-order chi connectivity index (χ0) is 16.4.